The number of carbonyl (C=O) groups excluding carboxylic acids is 2. The highest BCUT2D eigenvalue weighted by Gasteiger charge is 2.47. The molecule has 0 saturated carbocycles. The Morgan fingerprint density at radius 3 is 1.45 bits per heavy atom. The highest BCUT2D eigenvalue weighted by atomic mass is 16.7. The summed E-state index contributed by atoms with van der Waals surface area (Å²) in [6, 6.07) is -1.04. The first-order valence-corrected chi connectivity index (χ1v) is 31.2. The Hall–Kier alpha value is -2.90. The lowest BCUT2D eigenvalue weighted by molar-refractivity contribution is -0.305. The molecule has 0 aromatic rings. The maximum atomic E-state index is 13.4. The standard InChI is InChI=1S/C65H115NO10/c1-4-7-10-13-16-19-22-25-26-27-28-29-30-31-32-35-38-41-44-47-50-53-60(70)76-63-62(72)61(71)59(54-67)75-65(63)74-55-56(57(68)51-48-45-42-39-36-33-23-20-17-14-11-8-5-2)66-64(73)58(69)52-49-46-43-40-37-34-24-21-18-15-12-9-6-3/h9,12,16,18-19,21,25-26,34,37,48,51,56-59,61-63,65,67-69,71-72H,4-8,10-11,13-15,17,20,22-24,27-33,35-36,38-47,49-50,52-55H2,1-3H3,(H,66,73)/b12-9+,19-16-,21-18+,26-25-,37-34+,51-48+. The van der Waals surface area contributed by atoms with E-state index in [4.69, 9.17) is 14.2 Å². The zero-order valence-electron chi connectivity index (χ0n) is 48.6. The van der Waals surface area contributed by atoms with Gasteiger partial charge in [0, 0.05) is 6.42 Å². The van der Waals surface area contributed by atoms with Gasteiger partial charge in [-0.25, -0.2) is 0 Å². The summed E-state index contributed by atoms with van der Waals surface area (Å²) in [6.45, 7) is 5.64. The number of nitrogens with one attached hydrogen (secondary N) is 1. The van der Waals surface area contributed by atoms with Gasteiger partial charge in [-0.3, -0.25) is 9.59 Å². The minimum atomic E-state index is -1.62. The third-order valence-electron chi connectivity index (χ3n) is 14.3. The van der Waals surface area contributed by atoms with Crippen LogP contribution in [0.25, 0.3) is 0 Å². The molecule has 0 aromatic heterocycles. The molecule has 1 saturated heterocycles. The second-order valence-corrected chi connectivity index (χ2v) is 21.4. The van der Waals surface area contributed by atoms with Crippen LogP contribution in [0.15, 0.2) is 72.9 Å². The van der Waals surface area contributed by atoms with E-state index in [0.717, 1.165) is 83.5 Å². The van der Waals surface area contributed by atoms with Gasteiger partial charge in [0.05, 0.1) is 25.4 Å². The highest BCUT2D eigenvalue weighted by molar-refractivity contribution is 5.80. The molecule has 1 rings (SSSR count). The molecular weight excluding hydrogens is 955 g/mol. The first kappa shape index (κ1) is 71.1. The van der Waals surface area contributed by atoms with E-state index in [1.54, 1.807) is 6.08 Å². The maximum Gasteiger partial charge on any atom is 0.306 e. The number of aliphatic hydroxyl groups is 5. The number of unbranched alkanes of at least 4 members (excludes halogenated alkanes) is 28. The van der Waals surface area contributed by atoms with Crippen molar-refractivity contribution in [2.75, 3.05) is 13.2 Å². The monoisotopic (exact) mass is 1070 g/mol. The van der Waals surface area contributed by atoms with Crippen LogP contribution in [0.2, 0.25) is 0 Å². The topological polar surface area (TPSA) is 175 Å². The summed E-state index contributed by atoms with van der Waals surface area (Å²) < 4.78 is 17.6. The van der Waals surface area contributed by atoms with Crippen LogP contribution in [0.3, 0.4) is 0 Å². The Morgan fingerprint density at radius 2 is 0.947 bits per heavy atom. The molecule has 1 aliphatic heterocycles. The van der Waals surface area contributed by atoms with Crippen molar-refractivity contribution in [1.82, 2.24) is 5.32 Å². The number of rotatable bonds is 52. The fourth-order valence-corrected chi connectivity index (χ4v) is 9.40. The average molecular weight is 1070 g/mol. The lowest BCUT2D eigenvalue weighted by Gasteiger charge is -2.41. The quantitative estimate of drug-likeness (QED) is 0.0195. The Balaban J connectivity index is 2.67. The molecule has 8 atom stereocenters. The van der Waals surface area contributed by atoms with Crippen molar-refractivity contribution in [2.45, 2.75) is 314 Å². The van der Waals surface area contributed by atoms with Crippen LogP contribution >= 0.6 is 0 Å². The summed E-state index contributed by atoms with van der Waals surface area (Å²) in [7, 11) is 0. The van der Waals surface area contributed by atoms with Gasteiger partial charge < -0.3 is 45.1 Å². The van der Waals surface area contributed by atoms with E-state index in [9.17, 15) is 35.1 Å². The zero-order valence-corrected chi connectivity index (χ0v) is 48.6. The zero-order chi connectivity index (χ0) is 55.4. The van der Waals surface area contributed by atoms with Gasteiger partial charge in [0.25, 0.3) is 0 Å². The fraction of sp³-hybridized carbons (Fsp3) is 0.785. The molecule has 1 amide bonds. The van der Waals surface area contributed by atoms with Crippen LogP contribution in [-0.4, -0.2) is 99.6 Å². The van der Waals surface area contributed by atoms with Gasteiger partial charge >= 0.3 is 5.97 Å². The number of allylic oxidation sites excluding steroid dienone is 11. The molecule has 6 N–H and O–H groups in total. The minimum absolute atomic E-state index is 0.116. The van der Waals surface area contributed by atoms with Crippen molar-refractivity contribution in [2.24, 2.45) is 0 Å². The number of aliphatic hydroxyl groups excluding tert-OH is 5. The van der Waals surface area contributed by atoms with Crippen molar-refractivity contribution in [1.29, 1.82) is 0 Å². The van der Waals surface area contributed by atoms with Crippen LogP contribution in [0, 0.1) is 0 Å². The lowest BCUT2D eigenvalue weighted by Crippen LogP contribution is -2.61. The van der Waals surface area contributed by atoms with Crippen LogP contribution in [0.1, 0.15) is 265 Å². The van der Waals surface area contributed by atoms with E-state index >= 15 is 0 Å². The third-order valence-corrected chi connectivity index (χ3v) is 14.3. The van der Waals surface area contributed by atoms with Crippen LogP contribution in [0.5, 0.6) is 0 Å². The largest absolute Gasteiger partial charge is 0.454 e. The molecule has 0 aromatic carbocycles. The molecule has 1 heterocycles. The smallest absolute Gasteiger partial charge is 0.306 e. The molecule has 1 aliphatic rings. The van der Waals surface area contributed by atoms with Gasteiger partial charge in [0.1, 0.15) is 24.4 Å². The number of carbonyl (C=O) groups is 2. The molecular formula is C65H115NO10. The SMILES string of the molecule is CC/C=C/C/C=C/C/C=C/CCCCCC(O)C(=O)NC(COC1OC(CO)C(O)C(O)C1OC(=O)CCCCCCCCCCCCC/C=C\C/C=C\CCCCC)C(O)/C=C/CCCCCCCCCCCCC. The predicted molar refractivity (Wildman–Crippen MR) is 315 cm³/mol. The van der Waals surface area contributed by atoms with E-state index in [1.165, 1.54) is 135 Å². The Kier molecular flexibility index (Phi) is 49.4. The normalized spacial score (nSPS) is 19.6. The minimum Gasteiger partial charge on any atom is -0.454 e. The van der Waals surface area contributed by atoms with E-state index in [2.05, 4.69) is 86.8 Å². The second-order valence-electron chi connectivity index (χ2n) is 21.4. The van der Waals surface area contributed by atoms with Crippen LogP contribution < -0.4 is 5.32 Å². The Labute approximate surface area is 464 Å². The van der Waals surface area contributed by atoms with Crippen LogP contribution in [0.4, 0.5) is 0 Å². The van der Waals surface area contributed by atoms with Crippen molar-refractivity contribution in [3.8, 4) is 0 Å². The number of ether oxygens (including phenoxy) is 3. The van der Waals surface area contributed by atoms with Crippen LogP contribution in [-0.2, 0) is 23.8 Å². The molecule has 11 nitrogen and oxygen atoms in total. The second kappa shape index (κ2) is 52.8. The summed E-state index contributed by atoms with van der Waals surface area (Å²) >= 11 is 0. The van der Waals surface area contributed by atoms with Crippen molar-refractivity contribution < 1.29 is 49.3 Å². The van der Waals surface area contributed by atoms with E-state index in [1.807, 2.05) is 6.08 Å². The molecule has 0 spiro atoms. The third kappa shape index (κ3) is 40.3. The number of esters is 1. The summed E-state index contributed by atoms with van der Waals surface area (Å²) in [6.07, 6.45) is 56.5. The lowest BCUT2D eigenvalue weighted by atomic mass is 9.99. The summed E-state index contributed by atoms with van der Waals surface area (Å²) in [5.74, 6) is -1.22. The van der Waals surface area contributed by atoms with Gasteiger partial charge in [-0.1, -0.05) is 241 Å². The average Bonchev–Trinajstić information content (AvgIpc) is 3.42. The van der Waals surface area contributed by atoms with Gasteiger partial charge in [-0.15, -0.1) is 0 Å². The first-order valence-electron chi connectivity index (χ1n) is 31.2. The Bertz CT molecular complexity index is 1510. The molecule has 0 bridgehead atoms. The van der Waals surface area contributed by atoms with Crippen molar-refractivity contribution in [3.05, 3.63) is 72.9 Å². The molecule has 1 fully saturated rings. The first-order chi connectivity index (χ1) is 37.2. The van der Waals surface area contributed by atoms with Gasteiger partial charge in [0.2, 0.25) is 5.91 Å². The molecule has 0 aliphatic carbocycles. The molecule has 8 unspecified atom stereocenters. The van der Waals surface area contributed by atoms with Crippen molar-refractivity contribution >= 4 is 11.9 Å². The number of hydrogen-bond donors (Lipinski definition) is 6. The number of amides is 1. The predicted octanol–water partition coefficient (Wildman–Crippen LogP) is 14.8. The summed E-state index contributed by atoms with van der Waals surface area (Å²) in [5.41, 5.74) is 0. The maximum absolute atomic E-state index is 13.4. The molecule has 0 radical (unpaired) electrons. The molecule has 76 heavy (non-hydrogen) atoms. The van der Waals surface area contributed by atoms with Gasteiger partial charge in [-0.2, -0.15) is 0 Å². The van der Waals surface area contributed by atoms with E-state index in [-0.39, 0.29) is 19.4 Å². The van der Waals surface area contributed by atoms with E-state index in [0.29, 0.717) is 12.8 Å². The Morgan fingerprint density at radius 1 is 0.526 bits per heavy atom. The highest BCUT2D eigenvalue weighted by Crippen LogP contribution is 2.26. The van der Waals surface area contributed by atoms with E-state index < -0.39 is 67.4 Å². The summed E-state index contributed by atoms with van der Waals surface area (Å²) in [5, 5.41) is 56.9. The number of hydrogen-bond acceptors (Lipinski definition) is 10. The molecule has 11 heteroatoms. The van der Waals surface area contributed by atoms with Gasteiger partial charge in [-0.05, 0) is 89.9 Å². The molecule has 440 valence electrons. The summed E-state index contributed by atoms with van der Waals surface area (Å²) in [4.78, 5) is 26.5. The van der Waals surface area contributed by atoms with Gasteiger partial charge in [0.15, 0.2) is 12.4 Å². The van der Waals surface area contributed by atoms with Crippen molar-refractivity contribution in [3.63, 3.8) is 0 Å². The fourth-order valence-electron chi connectivity index (χ4n) is 9.40.